The zero-order valence-corrected chi connectivity index (χ0v) is 9.20. The van der Waals surface area contributed by atoms with E-state index < -0.39 is 0 Å². The maximum atomic E-state index is 2.51. The molecule has 0 aromatic rings. The maximum absolute atomic E-state index is 2.51. The van der Waals surface area contributed by atoms with Crippen molar-refractivity contribution in [3.05, 3.63) is 0 Å². The van der Waals surface area contributed by atoms with Crippen LogP contribution in [0.25, 0.3) is 0 Å². The van der Waals surface area contributed by atoms with Gasteiger partial charge in [-0.2, -0.15) is 0 Å². The average Bonchev–Trinajstić information content (AvgIpc) is 1.97. The second-order valence-electron chi connectivity index (χ2n) is 5.92. The lowest BCUT2D eigenvalue weighted by Gasteiger charge is -2.79. The molecule has 2 rings (SSSR count). The van der Waals surface area contributed by atoms with Crippen LogP contribution < -0.4 is 0 Å². The van der Waals surface area contributed by atoms with Gasteiger partial charge in [-0.25, -0.2) is 0 Å². The highest BCUT2D eigenvalue weighted by Crippen LogP contribution is 2.80. The van der Waals surface area contributed by atoms with Crippen molar-refractivity contribution in [2.45, 2.75) is 53.9 Å². The van der Waals surface area contributed by atoms with Crippen LogP contribution in [0.4, 0.5) is 0 Å². The van der Waals surface area contributed by atoms with Crippen LogP contribution in [0.2, 0.25) is 0 Å². The highest BCUT2D eigenvalue weighted by atomic mass is 14.8. The Morgan fingerprint density at radius 2 is 1.75 bits per heavy atom. The summed E-state index contributed by atoms with van der Waals surface area (Å²) in [6.45, 7) is 12.3. The summed E-state index contributed by atoms with van der Waals surface area (Å²) in [6.07, 6.45) is 4.32. The van der Waals surface area contributed by atoms with Crippen molar-refractivity contribution in [1.29, 1.82) is 0 Å². The minimum absolute atomic E-state index is 0.606. The molecule has 0 nitrogen and oxygen atoms in total. The molecule has 0 spiro atoms. The van der Waals surface area contributed by atoms with Crippen molar-refractivity contribution in [2.24, 2.45) is 22.2 Å². The molecule has 0 aliphatic heterocycles. The van der Waals surface area contributed by atoms with E-state index in [1.165, 1.54) is 19.3 Å². The fourth-order valence-electron chi connectivity index (χ4n) is 4.44. The lowest BCUT2D eigenvalue weighted by atomic mass is 9.26. The minimum atomic E-state index is 0.606. The van der Waals surface area contributed by atoms with E-state index in [9.17, 15) is 0 Å². The highest BCUT2D eigenvalue weighted by molar-refractivity contribution is 5.21. The summed E-state index contributed by atoms with van der Waals surface area (Å²) in [5.74, 6) is 1.02. The normalized spacial score (nSPS) is 55.2. The Morgan fingerprint density at radius 1 is 1.17 bits per heavy atom. The molecule has 0 heteroatoms. The Bertz CT molecular complexity index is 203. The Hall–Kier alpha value is 0. The van der Waals surface area contributed by atoms with E-state index in [0.717, 1.165) is 5.92 Å². The van der Waals surface area contributed by atoms with Crippen molar-refractivity contribution >= 4 is 0 Å². The first kappa shape index (κ1) is 8.59. The largest absolute Gasteiger partial charge is 0.0648 e. The van der Waals surface area contributed by atoms with Crippen LogP contribution in [0.5, 0.6) is 0 Å². The van der Waals surface area contributed by atoms with Gasteiger partial charge in [-0.1, -0.05) is 34.6 Å². The summed E-state index contributed by atoms with van der Waals surface area (Å²) >= 11 is 0. The predicted octanol–water partition coefficient (Wildman–Crippen LogP) is 3.86. The van der Waals surface area contributed by atoms with E-state index in [4.69, 9.17) is 0 Å². The number of hydrogen-bond acceptors (Lipinski definition) is 0. The van der Waals surface area contributed by atoms with Crippen LogP contribution in [0.3, 0.4) is 0 Å². The first-order valence-electron chi connectivity index (χ1n) is 5.40. The molecule has 0 radical (unpaired) electrons. The fraction of sp³-hybridized carbons (Fsp3) is 1.00. The second-order valence-corrected chi connectivity index (χ2v) is 5.92. The molecule has 70 valence electrons. The van der Waals surface area contributed by atoms with E-state index in [1.807, 2.05) is 0 Å². The summed E-state index contributed by atoms with van der Waals surface area (Å²) in [6, 6.07) is 0. The van der Waals surface area contributed by atoms with Crippen LogP contribution in [0.15, 0.2) is 0 Å². The molecule has 0 heterocycles. The van der Waals surface area contributed by atoms with Crippen LogP contribution in [0, 0.1) is 22.2 Å². The smallest absolute Gasteiger partial charge is 0.0218 e. The molecule has 3 unspecified atom stereocenters. The van der Waals surface area contributed by atoms with Crippen molar-refractivity contribution in [2.75, 3.05) is 0 Å². The van der Waals surface area contributed by atoms with Crippen molar-refractivity contribution in [3.63, 3.8) is 0 Å². The summed E-state index contributed by atoms with van der Waals surface area (Å²) in [4.78, 5) is 0. The summed E-state index contributed by atoms with van der Waals surface area (Å²) in [5.41, 5.74) is 1.92. The maximum Gasteiger partial charge on any atom is -0.0218 e. The molecule has 2 saturated carbocycles. The molecule has 0 bridgehead atoms. The molecule has 0 aromatic carbocycles. The van der Waals surface area contributed by atoms with Gasteiger partial charge in [-0.15, -0.1) is 0 Å². The van der Waals surface area contributed by atoms with Crippen LogP contribution in [-0.4, -0.2) is 0 Å². The third-order valence-corrected chi connectivity index (χ3v) is 5.98. The third-order valence-electron chi connectivity index (χ3n) is 5.98. The molecule has 3 atom stereocenters. The highest BCUT2D eigenvalue weighted by Gasteiger charge is 2.73. The molecule has 0 N–H and O–H groups in total. The number of hydrogen-bond donors (Lipinski definition) is 0. The average molecular weight is 166 g/mol. The third kappa shape index (κ3) is 0.533. The standard InChI is InChI=1S/C12H22/c1-6-12(5)10(2,3)9-7-8-11(9,12)4/h9H,6-8H2,1-5H3. The van der Waals surface area contributed by atoms with E-state index in [0.29, 0.717) is 16.2 Å². The molecular formula is C12H22. The van der Waals surface area contributed by atoms with Crippen molar-refractivity contribution < 1.29 is 0 Å². The summed E-state index contributed by atoms with van der Waals surface area (Å²) < 4.78 is 0. The van der Waals surface area contributed by atoms with Gasteiger partial charge in [-0.3, -0.25) is 0 Å². The molecule has 12 heavy (non-hydrogen) atoms. The summed E-state index contributed by atoms with van der Waals surface area (Å²) in [5, 5.41) is 0. The van der Waals surface area contributed by atoms with E-state index >= 15 is 0 Å². The van der Waals surface area contributed by atoms with E-state index in [-0.39, 0.29) is 0 Å². The molecule has 2 aliphatic rings. The van der Waals surface area contributed by atoms with Gasteiger partial charge in [0.25, 0.3) is 0 Å². The zero-order valence-electron chi connectivity index (χ0n) is 9.20. The molecule has 0 aromatic heterocycles. The molecular weight excluding hydrogens is 144 g/mol. The zero-order chi connectivity index (χ0) is 9.20. The second kappa shape index (κ2) is 1.91. The van der Waals surface area contributed by atoms with Crippen molar-refractivity contribution in [1.82, 2.24) is 0 Å². The van der Waals surface area contributed by atoms with Gasteiger partial charge in [-0.05, 0) is 41.4 Å². The lowest BCUT2D eigenvalue weighted by molar-refractivity contribution is -0.305. The van der Waals surface area contributed by atoms with Gasteiger partial charge in [0.05, 0.1) is 0 Å². The monoisotopic (exact) mass is 166 g/mol. The Morgan fingerprint density at radius 3 is 1.92 bits per heavy atom. The SMILES string of the molecule is CCC1(C)C(C)(C)C2CCC21C. The van der Waals surface area contributed by atoms with Crippen LogP contribution in [0.1, 0.15) is 53.9 Å². The topological polar surface area (TPSA) is 0 Å². The van der Waals surface area contributed by atoms with Gasteiger partial charge in [0.1, 0.15) is 0 Å². The summed E-state index contributed by atoms with van der Waals surface area (Å²) in [7, 11) is 0. The van der Waals surface area contributed by atoms with Crippen LogP contribution in [-0.2, 0) is 0 Å². The predicted molar refractivity (Wildman–Crippen MR) is 53.0 cm³/mol. The van der Waals surface area contributed by atoms with E-state index in [2.05, 4.69) is 34.6 Å². The van der Waals surface area contributed by atoms with Gasteiger partial charge >= 0.3 is 0 Å². The molecule has 0 amide bonds. The number of fused-ring (bicyclic) bond motifs is 1. The Labute approximate surface area is 76.7 Å². The van der Waals surface area contributed by atoms with Crippen molar-refractivity contribution in [3.8, 4) is 0 Å². The molecule has 2 aliphatic carbocycles. The Balaban J connectivity index is 2.33. The first-order valence-corrected chi connectivity index (χ1v) is 5.40. The van der Waals surface area contributed by atoms with Gasteiger partial charge in [0.2, 0.25) is 0 Å². The fourth-order valence-corrected chi connectivity index (χ4v) is 4.44. The first-order chi connectivity index (χ1) is 5.40. The Kier molecular flexibility index (Phi) is 1.37. The quantitative estimate of drug-likeness (QED) is 0.555. The van der Waals surface area contributed by atoms with Gasteiger partial charge in [0, 0.05) is 0 Å². The minimum Gasteiger partial charge on any atom is -0.0648 e. The van der Waals surface area contributed by atoms with Gasteiger partial charge in [0.15, 0.2) is 0 Å². The van der Waals surface area contributed by atoms with E-state index in [1.54, 1.807) is 0 Å². The number of rotatable bonds is 1. The van der Waals surface area contributed by atoms with Crippen LogP contribution >= 0.6 is 0 Å². The van der Waals surface area contributed by atoms with Gasteiger partial charge < -0.3 is 0 Å². The molecule has 2 fully saturated rings. The molecule has 0 saturated heterocycles. The lowest BCUT2D eigenvalue weighted by Crippen LogP contribution is -2.72.